The number of nitrogens with one attached hydrogen (secondary N) is 1. The van der Waals surface area contributed by atoms with Gasteiger partial charge in [-0.25, -0.2) is 0 Å². The summed E-state index contributed by atoms with van der Waals surface area (Å²) in [7, 11) is 1.62. The van der Waals surface area contributed by atoms with Gasteiger partial charge in [-0.3, -0.25) is 4.79 Å². The third kappa shape index (κ3) is 6.53. The smallest absolute Gasteiger partial charge is 0.412 e. The molecule has 2 aliphatic rings. The van der Waals surface area contributed by atoms with Crippen molar-refractivity contribution in [2.45, 2.75) is 78.6 Å². The van der Waals surface area contributed by atoms with Crippen molar-refractivity contribution < 1.29 is 18.7 Å². The number of anilines is 1. The Labute approximate surface area is 272 Å². The van der Waals surface area contributed by atoms with Gasteiger partial charge in [0.25, 0.3) is 0 Å². The first-order chi connectivity index (χ1) is 21.3. The molecular formula is C37H51BN2O4Si. The minimum atomic E-state index is -1.95. The van der Waals surface area contributed by atoms with Gasteiger partial charge in [0.2, 0.25) is 5.91 Å². The third-order valence-corrected chi connectivity index (χ3v) is 15.1. The Balaban J connectivity index is 1.66. The molecule has 0 saturated carbocycles. The molecule has 3 aromatic rings. The van der Waals surface area contributed by atoms with Crippen molar-refractivity contribution in [2.24, 2.45) is 5.41 Å². The zero-order valence-electron chi connectivity index (χ0n) is 28.8. The maximum absolute atomic E-state index is 14.3. The highest BCUT2D eigenvalue weighted by Gasteiger charge is 2.45. The summed E-state index contributed by atoms with van der Waals surface area (Å²) in [6.07, 6.45) is 2.59. The second-order valence-corrected chi connectivity index (χ2v) is 19.5. The molecule has 1 amide bonds. The summed E-state index contributed by atoms with van der Waals surface area (Å²) in [4.78, 5) is 16.3. The fourth-order valence-electron chi connectivity index (χ4n) is 7.16. The summed E-state index contributed by atoms with van der Waals surface area (Å²) in [5.74, 6) is 0.0485. The van der Waals surface area contributed by atoms with E-state index in [0.717, 1.165) is 30.5 Å². The van der Waals surface area contributed by atoms with Crippen molar-refractivity contribution in [1.82, 2.24) is 4.81 Å². The standard InChI is InChI=1S/C37H51BN2O4Si/c1-26-29(19-20-44-45(8,9)36(3,4)5)34(27(2)32-22-37(24-42-6,25-43-7)21-31(26)32)38-39-33-18-14-13-17-30(33)35(41)40(38)23-28-15-11-10-12-16-28/h10-18,39H,19-25H2,1-9H3. The normalized spacial score (nSPS) is 16.1. The second kappa shape index (κ2) is 13.1. The van der Waals surface area contributed by atoms with Crippen molar-refractivity contribution in [1.29, 1.82) is 0 Å². The minimum absolute atomic E-state index is 0.0485. The number of carbonyl (C=O) groups is 1. The van der Waals surface area contributed by atoms with E-state index in [9.17, 15) is 4.79 Å². The molecule has 6 nitrogen and oxygen atoms in total. The topological polar surface area (TPSA) is 60.0 Å². The lowest BCUT2D eigenvalue weighted by atomic mass is 9.58. The van der Waals surface area contributed by atoms with Crippen molar-refractivity contribution in [3.05, 3.63) is 93.5 Å². The predicted octanol–water partition coefficient (Wildman–Crippen LogP) is 6.71. The first kappa shape index (κ1) is 33.5. The van der Waals surface area contributed by atoms with Crippen molar-refractivity contribution in [3.8, 4) is 0 Å². The largest absolute Gasteiger partial charge is 0.416 e. The van der Waals surface area contributed by atoms with Crippen LogP contribution in [0.5, 0.6) is 0 Å². The predicted molar refractivity (Wildman–Crippen MR) is 188 cm³/mol. The number of para-hydroxylation sites is 1. The molecule has 1 N–H and O–H groups in total. The van der Waals surface area contributed by atoms with E-state index in [1.54, 1.807) is 14.2 Å². The maximum Gasteiger partial charge on any atom is 0.412 e. The van der Waals surface area contributed by atoms with Crippen LogP contribution in [0.25, 0.3) is 0 Å². The SMILES string of the molecule is COCC1(COC)Cc2c(C)c(CCO[Si](C)(C)C(C)(C)C)c(B3Nc4ccccc4C(=O)N3Cc3ccccc3)c(C)c2C1. The van der Waals surface area contributed by atoms with Gasteiger partial charge in [0, 0.05) is 38.5 Å². The summed E-state index contributed by atoms with van der Waals surface area (Å²) < 4.78 is 18.3. The number of rotatable bonds is 11. The maximum atomic E-state index is 14.3. The van der Waals surface area contributed by atoms with Gasteiger partial charge in [-0.15, -0.1) is 0 Å². The van der Waals surface area contributed by atoms with E-state index in [1.807, 2.05) is 47.3 Å². The molecule has 0 saturated heterocycles. The Morgan fingerprint density at radius 1 is 0.911 bits per heavy atom. The number of nitrogens with zero attached hydrogens (tertiary/aromatic N) is 1. The van der Waals surface area contributed by atoms with E-state index in [4.69, 9.17) is 13.9 Å². The average molecular weight is 627 g/mol. The number of methoxy groups -OCH3 is 2. The Morgan fingerprint density at radius 3 is 2.13 bits per heavy atom. The van der Waals surface area contributed by atoms with Gasteiger partial charge in [0.05, 0.1) is 18.8 Å². The van der Waals surface area contributed by atoms with Gasteiger partial charge in [-0.2, -0.15) is 0 Å². The van der Waals surface area contributed by atoms with Crippen LogP contribution in [0.4, 0.5) is 5.69 Å². The molecule has 0 aromatic heterocycles. The number of amides is 1. The molecule has 5 rings (SSSR count). The Morgan fingerprint density at radius 2 is 1.51 bits per heavy atom. The van der Waals surface area contributed by atoms with Crippen LogP contribution in [-0.4, -0.2) is 60.1 Å². The summed E-state index contributed by atoms with van der Waals surface area (Å²) in [6.45, 7) is 18.2. The molecule has 1 heterocycles. The van der Waals surface area contributed by atoms with Gasteiger partial charge < -0.3 is 23.9 Å². The third-order valence-electron chi connectivity index (χ3n) is 10.6. The highest BCUT2D eigenvalue weighted by Crippen LogP contribution is 2.42. The Kier molecular flexibility index (Phi) is 9.72. The molecule has 1 aliphatic carbocycles. The average Bonchev–Trinajstić information content (AvgIpc) is 3.37. The molecule has 0 unspecified atom stereocenters. The molecule has 0 atom stereocenters. The Hall–Kier alpha value is -2.91. The molecule has 1 aliphatic heterocycles. The van der Waals surface area contributed by atoms with Crippen LogP contribution in [0, 0.1) is 19.3 Å². The van der Waals surface area contributed by atoms with Crippen LogP contribution in [-0.2, 0) is 39.7 Å². The molecule has 45 heavy (non-hydrogen) atoms. The fourth-order valence-corrected chi connectivity index (χ4v) is 8.20. The van der Waals surface area contributed by atoms with E-state index < -0.39 is 8.32 Å². The fraction of sp³-hybridized carbons (Fsp3) is 0.486. The number of fused-ring (bicyclic) bond motifs is 2. The lowest BCUT2D eigenvalue weighted by Crippen LogP contribution is -2.60. The molecule has 0 bridgehead atoms. The molecule has 0 radical (unpaired) electrons. The molecule has 3 aromatic carbocycles. The summed E-state index contributed by atoms with van der Waals surface area (Å²) in [5, 5.41) is 3.97. The summed E-state index contributed by atoms with van der Waals surface area (Å²) >= 11 is 0. The summed E-state index contributed by atoms with van der Waals surface area (Å²) in [6, 6.07) is 18.2. The summed E-state index contributed by atoms with van der Waals surface area (Å²) in [5.41, 5.74) is 10.4. The second-order valence-electron chi connectivity index (χ2n) is 14.7. The van der Waals surface area contributed by atoms with E-state index >= 15 is 0 Å². The van der Waals surface area contributed by atoms with Crippen LogP contribution in [0.1, 0.15) is 64.5 Å². The van der Waals surface area contributed by atoms with Crippen LogP contribution < -0.4 is 10.7 Å². The molecule has 0 spiro atoms. The van der Waals surface area contributed by atoms with E-state index in [0.29, 0.717) is 31.9 Å². The van der Waals surface area contributed by atoms with Gasteiger partial charge in [0.15, 0.2) is 8.32 Å². The quantitative estimate of drug-likeness (QED) is 0.240. The van der Waals surface area contributed by atoms with Crippen LogP contribution in [0.3, 0.4) is 0 Å². The van der Waals surface area contributed by atoms with Gasteiger partial charge in [-0.05, 0) is 102 Å². The van der Waals surface area contributed by atoms with Crippen molar-refractivity contribution in [3.63, 3.8) is 0 Å². The number of benzene rings is 3. The van der Waals surface area contributed by atoms with Gasteiger partial charge >= 0.3 is 6.98 Å². The van der Waals surface area contributed by atoms with Crippen molar-refractivity contribution >= 4 is 32.4 Å². The minimum Gasteiger partial charge on any atom is -0.416 e. The van der Waals surface area contributed by atoms with E-state index in [2.05, 4.69) is 65.1 Å². The van der Waals surface area contributed by atoms with Crippen LogP contribution >= 0.6 is 0 Å². The van der Waals surface area contributed by atoms with E-state index in [1.165, 1.54) is 33.3 Å². The number of hydrogen-bond acceptors (Lipinski definition) is 5. The zero-order valence-corrected chi connectivity index (χ0v) is 29.8. The zero-order chi connectivity index (χ0) is 32.6. The highest BCUT2D eigenvalue weighted by atomic mass is 28.4. The number of ether oxygens (including phenoxy) is 2. The van der Waals surface area contributed by atoms with Crippen LogP contribution in [0.2, 0.25) is 18.1 Å². The van der Waals surface area contributed by atoms with Crippen molar-refractivity contribution in [2.75, 3.05) is 39.3 Å². The lowest BCUT2D eigenvalue weighted by Gasteiger charge is -2.38. The van der Waals surface area contributed by atoms with E-state index in [-0.39, 0.29) is 23.3 Å². The molecule has 8 heteroatoms. The first-order valence-corrected chi connectivity index (χ1v) is 19.2. The van der Waals surface area contributed by atoms with Gasteiger partial charge in [0.1, 0.15) is 0 Å². The Bertz CT molecular complexity index is 1530. The first-order valence-electron chi connectivity index (χ1n) is 16.3. The number of carbonyl (C=O) groups excluding carboxylic acids is 1. The molecular weight excluding hydrogens is 575 g/mol. The molecule has 0 fully saturated rings. The lowest BCUT2D eigenvalue weighted by molar-refractivity contribution is 0.0167. The van der Waals surface area contributed by atoms with Crippen LogP contribution in [0.15, 0.2) is 54.6 Å². The number of hydrogen-bond donors (Lipinski definition) is 1. The highest BCUT2D eigenvalue weighted by molar-refractivity contribution is 6.77. The van der Waals surface area contributed by atoms with Gasteiger partial charge in [-0.1, -0.05) is 63.2 Å². The monoisotopic (exact) mass is 626 g/mol. The molecule has 240 valence electrons.